The van der Waals surface area contributed by atoms with Crippen molar-refractivity contribution in [2.24, 2.45) is 4.99 Å². The molecule has 0 aromatic rings. The Kier molecular flexibility index (Phi) is 13.5. The summed E-state index contributed by atoms with van der Waals surface area (Å²) in [6.45, 7) is 16.8. The van der Waals surface area contributed by atoms with Crippen molar-refractivity contribution in [1.29, 1.82) is 0 Å². The fraction of sp³-hybridized carbons (Fsp3) is 0.909. The highest BCUT2D eigenvalue weighted by molar-refractivity contribution is 5.80. The highest BCUT2D eigenvalue weighted by Gasteiger charge is 2.18. The molecule has 30 heavy (non-hydrogen) atoms. The Labute approximate surface area is 183 Å². The smallest absolute Gasteiger partial charge is 0.407 e. The third kappa shape index (κ3) is 13.6. The molecule has 176 valence electrons. The lowest BCUT2D eigenvalue weighted by atomic mass is 10.1. The second kappa shape index (κ2) is 15.3. The van der Waals surface area contributed by atoms with Crippen molar-refractivity contribution in [3.63, 3.8) is 0 Å². The molecule has 1 atom stereocenters. The summed E-state index contributed by atoms with van der Waals surface area (Å²) in [5, 5.41) is 9.70. The Morgan fingerprint density at radius 2 is 1.87 bits per heavy atom. The number of rotatable bonds is 12. The quantitative estimate of drug-likeness (QED) is 0.252. The number of guanidine groups is 1. The second-order valence-corrected chi connectivity index (χ2v) is 8.79. The van der Waals surface area contributed by atoms with Gasteiger partial charge in [0, 0.05) is 38.8 Å². The first-order chi connectivity index (χ1) is 14.3. The topological polar surface area (TPSA) is 87.2 Å². The lowest BCUT2D eigenvalue weighted by molar-refractivity contribution is 0.0373. The van der Waals surface area contributed by atoms with Crippen molar-refractivity contribution in [1.82, 2.24) is 20.9 Å². The first-order valence-corrected chi connectivity index (χ1v) is 11.7. The van der Waals surface area contributed by atoms with Crippen LogP contribution in [0.2, 0.25) is 0 Å². The van der Waals surface area contributed by atoms with Crippen LogP contribution in [0, 0.1) is 0 Å². The van der Waals surface area contributed by atoms with E-state index in [4.69, 9.17) is 14.5 Å². The number of alkyl carbamates (subject to hydrolysis) is 1. The summed E-state index contributed by atoms with van der Waals surface area (Å²) in [5.74, 6) is 0.816. The fourth-order valence-electron chi connectivity index (χ4n) is 3.17. The van der Waals surface area contributed by atoms with Gasteiger partial charge in [-0.1, -0.05) is 19.8 Å². The molecular weight excluding hydrogens is 382 g/mol. The lowest BCUT2D eigenvalue weighted by Crippen LogP contribution is -2.49. The molecule has 0 saturated carbocycles. The first kappa shape index (κ1) is 26.5. The zero-order valence-corrected chi connectivity index (χ0v) is 19.9. The van der Waals surface area contributed by atoms with Crippen LogP contribution in [-0.4, -0.2) is 81.1 Å². The molecule has 1 amide bonds. The van der Waals surface area contributed by atoms with Crippen molar-refractivity contribution in [2.75, 3.05) is 52.5 Å². The molecule has 1 fully saturated rings. The van der Waals surface area contributed by atoms with E-state index in [-0.39, 0.29) is 12.1 Å². The molecule has 0 aromatic carbocycles. The summed E-state index contributed by atoms with van der Waals surface area (Å²) >= 11 is 0. The van der Waals surface area contributed by atoms with Crippen LogP contribution in [0.15, 0.2) is 4.99 Å². The highest BCUT2D eigenvalue weighted by Crippen LogP contribution is 2.07. The number of hydrogen-bond acceptors (Lipinski definition) is 5. The Hall–Kier alpha value is -1.54. The van der Waals surface area contributed by atoms with E-state index >= 15 is 0 Å². The summed E-state index contributed by atoms with van der Waals surface area (Å²) < 4.78 is 10.7. The number of unbranched alkanes of at least 4 members (excludes halogenated alkanes) is 2. The van der Waals surface area contributed by atoms with E-state index in [1.54, 1.807) is 0 Å². The molecule has 0 aromatic heterocycles. The van der Waals surface area contributed by atoms with Gasteiger partial charge in [-0.3, -0.25) is 9.89 Å². The van der Waals surface area contributed by atoms with E-state index in [0.717, 1.165) is 84.0 Å². The van der Waals surface area contributed by atoms with E-state index in [1.807, 2.05) is 20.8 Å². The van der Waals surface area contributed by atoms with Crippen LogP contribution in [0.5, 0.6) is 0 Å². The SMILES string of the molecule is CCCCC(CNC(=O)OC(C)(C)C)NC(=NCCCCN1CCOCC1)NCC. The van der Waals surface area contributed by atoms with Gasteiger partial charge in [-0.2, -0.15) is 0 Å². The molecule has 1 rings (SSSR count). The normalized spacial score (nSPS) is 16.8. The maximum absolute atomic E-state index is 12.0. The van der Waals surface area contributed by atoms with E-state index < -0.39 is 5.60 Å². The minimum atomic E-state index is -0.492. The first-order valence-electron chi connectivity index (χ1n) is 11.7. The van der Waals surface area contributed by atoms with Crippen LogP contribution in [-0.2, 0) is 9.47 Å². The minimum Gasteiger partial charge on any atom is -0.444 e. The molecule has 8 nitrogen and oxygen atoms in total. The minimum absolute atomic E-state index is 0.114. The predicted octanol–water partition coefficient (Wildman–Crippen LogP) is 2.74. The number of morpholine rings is 1. The molecule has 3 N–H and O–H groups in total. The summed E-state index contributed by atoms with van der Waals surface area (Å²) in [7, 11) is 0. The number of hydrogen-bond donors (Lipinski definition) is 3. The second-order valence-electron chi connectivity index (χ2n) is 8.79. The van der Waals surface area contributed by atoms with Crippen molar-refractivity contribution in [3.05, 3.63) is 0 Å². The standard InChI is InChI=1S/C22H45N5O3/c1-6-8-11-19(18-25-21(28)30-22(3,4)5)26-20(23-7-2)24-12-9-10-13-27-14-16-29-17-15-27/h19H,6-18H2,1-5H3,(H,25,28)(H2,23,24,26). The molecule has 0 spiro atoms. The average Bonchev–Trinajstić information content (AvgIpc) is 2.69. The van der Waals surface area contributed by atoms with Crippen molar-refractivity contribution >= 4 is 12.1 Å². The predicted molar refractivity (Wildman–Crippen MR) is 123 cm³/mol. The number of ether oxygens (including phenoxy) is 2. The lowest BCUT2D eigenvalue weighted by Gasteiger charge is -2.26. The van der Waals surface area contributed by atoms with E-state index in [9.17, 15) is 4.79 Å². The highest BCUT2D eigenvalue weighted by atomic mass is 16.6. The van der Waals surface area contributed by atoms with Crippen LogP contribution in [0.3, 0.4) is 0 Å². The Morgan fingerprint density at radius 1 is 1.13 bits per heavy atom. The van der Waals surface area contributed by atoms with Gasteiger partial charge in [-0.25, -0.2) is 4.79 Å². The molecular formula is C22H45N5O3. The molecule has 1 saturated heterocycles. The van der Waals surface area contributed by atoms with Crippen LogP contribution in [0.1, 0.15) is 66.7 Å². The number of aliphatic imine (C=N–C) groups is 1. The average molecular weight is 428 g/mol. The molecule has 0 bridgehead atoms. The van der Waals surface area contributed by atoms with Crippen LogP contribution >= 0.6 is 0 Å². The van der Waals surface area contributed by atoms with E-state index in [0.29, 0.717) is 6.54 Å². The zero-order chi connectivity index (χ0) is 22.2. The van der Waals surface area contributed by atoms with E-state index in [2.05, 4.69) is 34.7 Å². The van der Waals surface area contributed by atoms with Gasteiger partial charge >= 0.3 is 6.09 Å². The van der Waals surface area contributed by atoms with Gasteiger partial charge in [0.05, 0.1) is 13.2 Å². The van der Waals surface area contributed by atoms with Crippen molar-refractivity contribution in [2.45, 2.75) is 78.4 Å². The number of carbonyl (C=O) groups excluding carboxylic acids is 1. The molecule has 8 heteroatoms. The number of nitrogens with one attached hydrogen (secondary N) is 3. The van der Waals surface area contributed by atoms with Crippen molar-refractivity contribution < 1.29 is 14.3 Å². The summed E-state index contributed by atoms with van der Waals surface area (Å²) in [5.41, 5.74) is -0.492. The van der Waals surface area contributed by atoms with Gasteiger partial charge in [-0.15, -0.1) is 0 Å². The van der Waals surface area contributed by atoms with E-state index in [1.165, 1.54) is 0 Å². The Balaban J connectivity index is 2.45. The molecule has 1 aliphatic rings. The van der Waals surface area contributed by atoms with Gasteiger partial charge in [0.15, 0.2) is 5.96 Å². The third-order valence-corrected chi connectivity index (χ3v) is 4.74. The molecule has 1 aliphatic heterocycles. The third-order valence-electron chi connectivity index (χ3n) is 4.74. The van der Waals surface area contributed by atoms with Gasteiger partial charge in [0.2, 0.25) is 0 Å². The molecule has 1 unspecified atom stereocenters. The summed E-state index contributed by atoms with van der Waals surface area (Å²) in [6, 6.07) is 0.114. The Bertz CT molecular complexity index is 488. The number of amides is 1. The maximum atomic E-state index is 12.0. The van der Waals surface area contributed by atoms with Crippen molar-refractivity contribution in [3.8, 4) is 0 Å². The number of carbonyl (C=O) groups is 1. The fourth-order valence-corrected chi connectivity index (χ4v) is 3.17. The zero-order valence-electron chi connectivity index (χ0n) is 19.9. The summed E-state index contributed by atoms with van der Waals surface area (Å²) in [6.07, 6.45) is 4.99. The molecule has 0 radical (unpaired) electrons. The van der Waals surface area contributed by atoms with Gasteiger partial charge < -0.3 is 25.4 Å². The van der Waals surface area contributed by atoms with Gasteiger partial charge in [0.25, 0.3) is 0 Å². The molecule has 1 heterocycles. The van der Waals surface area contributed by atoms with Gasteiger partial charge in [-0.05, 0) is 53.5 Å². The van der Waals surface area contributed by atoms with Gasteiger partial charge in [0.1, 0.15) is 5.60 Å². The largest absolute Gasteiger partial charge is 0.444 e. The number of nitrogens with zero attached hydrogens (tertiary/aromatic N) is 2. The summed E-state index contributed by atoms with van der Waals surface area (Å²) in [4.78, 5) is 19.2. The monoisotopic (exact) mass is 427 g/mol. The maximum Gasteiger partial charge on any atom is 0.407 e. The van der Waals surface area contributed by atoms with Crippen LogP contribution < -0.4 is 16.0 Å². The molecule has 0 aliphatic carbocycles. The Morgan fingerprint density at radius 3 is 2.50 bits per heavy atom. The van der Waals surface area contributed by atoms with Crippen LogP contribution in [0.4, 0.5) is 4.79 Å². The van der Waals surface area contributed by atoms with Crippen LogP contribution in [0.25, 0.3) is 0 Å².